The summed E-state index contributed by atoms with van der Waals surface area (Å²) in [5, 5.41) is 6.07. The highest BCUT2D eigenvalue weighted by Gasteiger charge is 2.20. The Morgan fingerprint density at radius 1 is 1.00 bits per heavy atom. The van der Waals surface area contributed by atoms with Crippen molar-refractivity contribution in [1.82, 2.24) is 4.98 Å². The van der Waals surface area contributed by atoms with Gasteiger partial charge in [-0.2, -0.15) is 0 Å². The van der Waals surface area contributed by atoms with E-state index in [-0.39, 0.29) is 22.4 Å². The van der Waals surface area contributed by atoms with E-state index < -0.39 is 11.6 Å². The number of pyridine rings is 1. The molecule has 1 aliphatic rings. The third-order valence-electron chi connectivity index (χ3n) is 6.81. The summed E-state index contributed by atoms with van der Waals surface area (Å²) in [5.74, 6) is -1.54. The fourth-order valence-electron chi connectivity index (χ4n) is 4.86. The number of hydrogen-bond donors (Lipinski definition) is 2. The molecule has 4 aromatic rings. The van der Waals surface area contributed by atoms with Crippen molar-refractivity contribution in [1.29, 1.82) is 0 Å². The first-order valence-electron chi connectivity index (χ1n) is 12.3. The van der Waals surface area contributed by atoms with E-state index in [1.165, 1.54) is 12.3 Å². The maximum atomic E-state index is 14.6. The number of hydrogen-bond acceptors (Lipinski definition) is 3. The molecule has 3 aromatic carbocycles. The van der Waals surface area contributed by atoms with E-state index in [9.17, 15) is 13.6 Å². The normalized spacial score (nSPS) is 15.7. The van der Waals surface area contributed by atoms with Crippen molar-refractivity contribution in [3.8, 4) is 22.3 Å². The van der Waals surface area contributed by atoms with Crippen LogP contribution < -0.4 is 10.6 Å². The molecule has 0 saturated carbocycles. The first-order chi connectivity index (χ1) is 17.9. The van der Waals surface area contributed by atoms with Gasteiger partial charge in [-0.05, 0) is 54.3 Å². The number of halogens is 3. The number of benzene rings is 3. The second kappa shape index (κ2) is 10.7. The van der Waals surface area contributed by atoms with Crippen molar-refractivity contribution >= 4 is 28.9 Å². The lowest BCUT2D eigenvalue weighted by molar-refractivity contribution is -0.116. The molecule has 1 atom stereocenters. The van der Waals surface area contributed by atoms with Gasteiger partial charge in [0.05, 0.1) is 16.3 Å². The van der Waals surface area contributed by atoms with E-state index in [0.29, 0.717) is 12.0 Å². The molecule has 0 aliphatic carbocycles. The van der Waals surface area contributed by atoms with Crippen molar-refractivity contribution in [3.63, 3.8) is 0 Å². The second-order valence-electron chi connectivity index (χ2n) is 9.17. The second-order valence-corrected chi connectivity index (χ2v) is 9.58. The Morgan fingerprint density at radius 3 is 2.65 bits per heavy atom. The molecule has 7 heteroatoms. The molecule has 188 valence electrons. The summed E-state index contributed by atoms with van der Waals surface area (Å²) in [6.07, 6.45) is 4.26. The van der Waals surface area contributed by atoms with Gasteiger partial charge in [0.25, 0.3) is 0 Å². The largest absolute Gasteiger partial charge is 0.388 e. The molecule has 5 rings (SSSR count). The molecule has 1 aromatic heterocycles. The van der Waals surface area contributed by atoms with Crippen molar-refractivity contribution in [3.05, 3.63) is 101 Å². The van der Waals surface area contributed by atoms with Crippen LogP contribution in [0.25, 0.3) is 22.3 Å². The maximum Gasteiger partial charge on any atom is 0.224 e. The topological polar surface area (TPSA) is 54.0 Å². The SMILES string of the molecule is CNc1ccc2c(c1)NC(=O)CCCC[C@H](c1ccc(-c3c(F)ccc(Cl)c3F)cn1)c1cccc-2c1. The van der Waals surface area contributed by atoms with E-state index >= 15 is 0 Å². The number of anilines is 2. The van der Waals surface area contributed by atoms with Gasteiger partial charge in [0.2, 0.25) is 5.91 Å². The van der Waals surface area contributed by atoms with Crippen LogP contribution in [0.3, 0.4) is 0 Å². The molecule has 37 heavy (non-hydrogen) atoms. The zero-order chi connectivity index (χ0) is 25.9. The lowest BCUT2D eigenvalue weighted by atomic mass is 9.87. The zero-order valence-corrected chi connectivity index (χ0v) is 21.1. The van der Waals surface area contributed by atoms with Crippen LogP contribution in [0.4, 0.5) is 20.2 Å². The average molecular weight is 518 g/mol. The standard InChI is InChI=1S/C30H26ClF2N3O/c1-34-21-10-11-23-19-6-4-5-18(15-19)22(7-2-3-8-28(37)36-27(23)16-21)26-14-9-20(17-35-26)29-25(32)13-12-24(31)30(29)33/h4-6,9-17,22,34H,2-3,7-8H2,1H3,(H,36,37)/t22-/m0/s1. The number of nitrogens with one attached hydrogen (secondary N) is 2. The highest BCUT2D eigenvalue weighted by Crippen LogP contribution is 2.37. The van der Waals surface area contributed by atoms with Crippen molar-refractivity contribution in [2.75, 3.05) is 17.7 Å². The molecular weight excluding hydrogens is 492 g/mol. The Kier molecular flexibility index (Phi) is 7.19. The first kappa shape index (κ1) is 24.9. The van der Waals surface area contributed by atoms with Crippen molar-refractivity contribution in [2.45, 2.75) is 31.6 Å². The van der Waals surface area contributed by atoms with Crippen molar-refractivity contribution < 1.29 is 13.6 Å². The van der Waals surface area contributed by atoms with E-state index in [1.54, 1.807) is 6.07 Å². The van der Waals surface area contributed by atoms with Gasteiger partial charge in [-0.25, -0.2) is 8.78 Å². The Labute approximate surface area is 219 Å². The number of nitrogens with zero attached hydrogens (tertiary/aromatic N) is 1. The van der Waals surface area contributed by atoms with Gasteiger partial charge in [-0.15, -0.1) is 0 Å². The minimum Gasteiger partial charge on any atom is -0.388 e. The Hall–Kier alpha value is -3.77. The van der Waals surface area contributed by atoms with Gasteiger partial charge in [0.1, 0.15) is 5.82 Å². The number of carbonyl (C=O) groups is 1. The monoisotopic (exact) mass is 517 g/mol. The predicted octanol–water partition coefficient (Wildman–Crippen LogP) is 8.03. The van der Waals surface area contributed by atoms with Gasteiger partial charge in [0, 0.05) is 48.1 Å². The number of amides is 1. The van der Waals surface area contributed by atoms with E-state index in [0.717, 1.165) is 59.1 Å². The van der Waals surface area contributed by atoms with Gasteiger partial charge >= 0.3 is 0 Å². The van der Waals surface area contributed by atoms with Crippen LogP contribution in [-0.4, -0.2) is 17.9 Å². The van der Waals surface area contributed by atoms with Crippen LogP contribution in [-0.2, 0) is 4.79 Å². The Balaban J connectivity index is 1.55. The van der Waals surface area contributed by atoms with Gasteiger partial charge < -0.3 is 10.6 Å². The van der Waals surface area contributed by atoms with Crippen LogP contribution in [0.1, 0.15) is 42.9 Å². The summed E-state index contributed by atoms with van der Waals surface area (Å²) in [6, 6.07) is 20.0. The summed E-state index contributed by atoms with van der Waals surface area (Å²) < 4.78 is 29.0. The molecule has 0 saturated heterocycles. The molecule has 2 bridgehead atoms. The van der Waals surface area contributed by atoms with Gasteiger partial charge in [-0.3, -0.25) is 9.78 Å². The smallest absolute Gasteiger partial charge is 0.224 e. The van der Waals surface area contributed by atoms with Crippen LogP contribution in [0.2, 0.25) is 5.02 Å². The molecule has 4 nitrogen and oxygen atoms in total. The Morgan fingerprint density at radius 2 is 1.86 bits per heavy atom. The molecule has 0 spiro atoms. The van der Waals surface area contributed by atoms with E-state index in [1.807, 2.05) is 43.4 Å². The summed E-state index contributed by atoms with van der Waals surface area (Å²) in [6.45, 7) is 0. The lowest BCUT2D eigenvalue weighted by Gasteiger charge is -2.21. The minimum atomic E-state index is -0.798. The quantitative estimate of drug-likeness (QED) is 0.270. The minimum absolute atomic E-state index is 0.0177. The molecule has 1 aliphatic heterocycles. The zero-order valence-electron chi connectivity index (χ0n) is 20.3. The van der Waals surface area contributed by atoms with E-state index in [2.05, 4.69) is 27.8 Å². The fourth-order valence-corrected chi connectivity index (χ4v) is 5.02. The molecule has 2 N–H and O–H groups in total. The number of rotatable bonds is 3. The summed E-state index contributed by atoms with van der Waals surface area (Å²) in [5.41, 5.74) is 5.63. The Bertz CT molecular complexity index is 1460. The maximum absolute atomic E-state index is 14.6. The lowest BCUT2D eigenvalue weighted by Crippen LogP contribution is -2.13. The predicted molar refractivity (Wildman–Crippen MR) is 145 cm³/mol. The highest BCUT2D eigenvalue weighted by molar-refractivity contribution is 6.31. The molecule has 0 radical (unpaired) electrons. The van der Waals surface area contributed by atoms with Crippen LogP contribution in [0.15, 0.2) is 72.9 Å². The summed E-state index contributed by atoms with van der Waals surface area (Å²) in [4.78, 5) is 17.3. The van der Waals surface area contributed by atoms with Crippen molar-refractivity contribution in [2.24, 2.45) is 0 Å². The van der Waals surface area contributed by atoms with Crippen LogP contribution >= 0.6 is 11.6 Å². The molecule has 0 unspecified atom stereocenters. The van der Waals surface area contributed by atoms with Crippen LogP contribution in [0.5, 0.6) is 0 Å². The molecule has 2 heterocycles. The first-order valence-corrected chi connectivity index (χ1v) is 12.6. The number of fused-ring (bicyclic) bond motifs is 4. The number of carbonyl (C=O) groups excluding carboxylic acids is 1. The number of aromatic nitrogens is 1. The average Bonchev–Trinajstić information content (AvgIpc) is 2.91. The molecule has 0 fully saturated rings. The van der Waals surface area contributed by atoms with Crippen LogP contribution in [0, 0.1) is 11.6 Å². The highest BCUT2D eigenvalue weighted by atomic mass is 35.5. The van der Waals surface area contributed by atoms with E-state index in [4.69, 9.17) is 11.6 Å². The van der Waals surface area contributed by atoms with Gasteiger partial charge in [-0.1, -0.05) is 54.4 Å². The van der Waals surface area contributed by atoms with Gasteiger partial charge in [0.15, 0.2) is 5.82 Å². The third-order valence-corrected chi connectivity index (χ3v) is 7.10. The summed E-state index contributed by atoms with van der Waals surface area (Å²) >= 11 is 5.88. The molecular formula is C30H26ClF2N3O. The summed E-state index contributed by atoms with van der Waals surface area (Å²) in [7, 11) is 1.84. The molecule has 1 amide bonds. The fraction of sp³-hybridized carbons (Fsp3) is 0.200. The third kappa shape index (κ3) is 5.20.